The number of amides is 10. The Morgan fingerprint density at radius 1 is 0.544 bits per heavy atom. The Morgan fingerprint density at radius 2 is 0.956 bits per heavy atom. The normalized spacial score (nSPS) is 15.3. The van der Waals surface area contributed by atoms with Gasteiger partial charge in [0, 0.05) is 48.8 Å². The maximum absolute atomic E-state index is 14.8. The van der Waals surface area contributed by atoms with Crippen LogP contribution in [0.4, 0.5) is 0 Å². The summed E-state index contributed by atoms with van der Waals surface area (Å²) in [5.41, 5.74) is 34.5. The van der Waals surface area contributed by atoms with E-state index in [0.29, 0.717) is 22.2 Å². The minimum absolute atomic E-state index is 0.0197. The summed E-state index contributed by atoms with van der Waals surface area (Å²) in [6.07, 6.45) is -0.567. The predicted molar refractivity (Wildman–Crippen MR) is 342 cm³/mol. The molecule has 2 aromatic rings. The summed E-state index contributed by atoms with van der Waals surface area (Å²) in [7, 11) is 0. The van der Waals surface area contributed by atoms with Crippen LogP contribution in [0.3, 0.4) is 0 Å². The van der Waals surface area contributed by atoms with E-state index < -0.39 is 138 Å². The average molecular weight is 1310 g/mol. The Labute approximate surface area is 532 Å². The number of primary amides is 1. The van der Waals surface area contributed by atoms with Gasteiger partial charge in [0.25, 0.3) is 0 Å². The first-order chi connectivity index (χ1) is 42.3. The Kier molecular flexibility index (Phi) is 34.7. The van der Waals surface area contributed by atoms with E-state index in [2.05, 4.69) is 75.4 Å². The zero-order valence-corrected chi connectivity index (χ0v) is 53.6. The first-order valence-electron chi connectivity index (χ1n) is 29.4. The molecule has 32 nitrogen and oxygen atoms in total. The van der Waals surface area contributed by atoms with Crippen molar-refractivity contribution < 1.29 is 68.1 Å². The van der Waals surface area contributed by atoms with Crippen molar-refractivity contribution in [1.82, 2.24) is 52.8 Å². The van der Waals surface area contributed by atoms with Gasteiger partial charge in [-0.1, -0.05) is 45.9 Å². The molecule has 0 bridgehead atoms. The number of thioether (sulfide) groups is 1. The number of carbonyl (C=O) groups is 11. The van der Waals surface area contributed by atoms with E-state index in [4.69, 9.17) is 34.4 Å². The van der Waals surface area contributed by atoms with Gasteiger partial charge < -0.3 is 103 Å². The molecule has 0 fully saturated rings. The molecule has 1 aromatic carbocycles. The van der Waals surface area contributed by atoms with Gasteiger partial charge in [0.1, 0.15) is 54.4 Å². The number of nitrogens with zero attached hydrogens (tertiary/aromatic N) is 2. The summed E-state index contributed by atoms with van der Waals surface area (Å²) in [5, 5.41) is 54.7. The van der Waals surface area contributed by atoms with Crippen LogP contribution in [0.15, 0.2) is 40.4 Å². The number of fused-ring (bicyclic) bond motifs is 1. The highest BCUT2D eigenvalue weighted by Crippen LogP contribution is 2.20. The van der Waals surface area contributed by atoms with E-state index in [0.717, 1.165) is 0 Å². The lowest BCUT2D eigenvalue weighted by Crippen LogP contribution is -2.62. The molecule has 0 saturated heterocycles. The first-order valence-corrected chi connectivity index (χ1v) is 31.4. The third kappa shape index (κ3) is 28.3. The minimum atomic E-state index is -1.79. The second kappa shape index (κ2) is 39.9. The molecule has 0 spiro atoms. The summed E-state index contributed by atoms with van der Waals surface area (Å²) in [6, 6.07) is -7.63. The van der Waals surface area contributed by atoms with Crippen molar-refractivity contribution in [2.45, 2.75) is 178 Å². The number of aromatic amines is 1. The van der Waals surface area contributed by atoms with Crippen LogP contribution in [-0.2, 0) is 59.2 Å². The Morgan fingerprint density at radius 3 is 1.42 bits per heavy atom. The maximum Gasteiger partial charge on any atom is 0.326 e. The molecular weight excluding hydrogens is 1210 g/mol. The van der Waals surface area contributed by atoms with E-state index in [1.807, 2.05) is 6.26 Å². The van der Waals surface area contributed by atoms with E-state index >= 15 is 0 Å². The lowest BCUT2D eigenvalue weighted by atomic mass is 10.00. The first kappa shape index (κ1) is 78.1. The van der Waals surface area contributed by atoms with Crippen molar-refractivity contribution in [3.05, 3.63) is 36.0 Å². The van der Waals surface area contributed by atoms with Gasteiger partial charge in [0.15, 0.2) is 11.9 Å². The number of carbonyl (C=O) groups excluding carboxylic acids is 10. The molecule has 12 atom stereocenters. The average Bonchev–Trinajstić information content (AvgIpc) is 2.38. The zero-order valence-electron chi connectivity index (χ0n) is 51.9. The Bertz CT molecular complexity index is 2790. The second-order valence-electron chi connectivity index (χ2n) is 22.5. The molecule has 10 amide bonds. The van der Waals surface area contributed by atoms with Crippen LogP contribution in [0.25, 0.3) is 10.9 Å². The van der Waals surface area contributed by atoms with Crippen LogP contribution >= 0.6 is 24.4 Å². The molecule has 0 aliphatic carbocycles. The number of H-pyrrole nitrogens is 1. The SMILES string of the molecule is CSCC[C@H](N)C(=O)N[C@H](C(=O)N[C@@H](CCCN=C(N)N)C(=O)N[C@@H](CS)C(=O)N[C@@H](CC(C)C)C(=O)N[C@@H](Cc1c[nH]c2ccccc12)C(=O)N[C@@H](CCCN=C(N)N)C(=O)N[C@H](C(=O)N[C@@H](CC(C)C)C(=O)N[C@@H](CCC(N)=O)C(=O)O)[C@@H](C)O)[C@@H](C)O. The van der Waals surface area contributed by atoms with Gasteiger partial charge in [-0.05, 0) is 101 Å². The lowest BCUT2D eigenvalue weighted by molar-refractivity contribution is -0.143. The van der Waals surface area contributed by atoms with Crippen molar-refractivity contribution in [3.63, 3.8) is 0 Å². The molecule has 0 radical (unpaired) electrons. The number of carboxylic acids is 1. The van der Waals surface area contributed by atoms with Gasteiger partial charge in [0.2, 0.25) is 59.1 Å². The highest BCUT2D eigenvalue weighted by Gasteiger charge is 2.38. The maximum atomic E-state index is 14.8. The second-order valence-corrected chi connectivity index (χ2v) is 23.9. The molecule has 1 heterocycles. The smallest absolute Gasteiger partial charge is 0.326 e. The van der Waals surface area contributed by atoms with Crippen LogP contribution in [0.1, 0.15) is 105 Å². The monoisotopic (exact) mass is 1310 g/mol. The molecule has 0 unspecified atom stereocenters. The summed E-state index contributed by atoms with van der Waals surface area (Å²) < 4.78 is 0. The van der Waals surface area contributed by atoms with E-state index in [-0.39, 0.29) is 107 Å². The largest absolute Gasteiger partial charge is 0.480 e. The number of aliphatic imine (C=N–C) groups is 2. The number of benzene rings is 1. The van der Waals surface area contributed by atoms with Crippen molar-refractivity contribution in [2.24, 2.45) is 56.2 Å². The number of carboxylic acid groups (broad SMARTS) is 1. The lowest BCUT2D eigenvalue weighted by Gasteiger charge is -2.29. The van der Waals surface area contributed by atoms with Gasteiger partial charge in [0.05, 0.1) is 18.2 Å². The summed E-state index contributed by atoms with van der Waals surface area (Å²) in [4.78, 5) is 161. The van der Waals surface area contributed by atoms with Crippen LogP contribution in [-0.4, -0.2) is 201 Å². The molecule has 2 rings (SSSR count). The number of thiol groups is 1. The molecule has 0 aliphatic heterocycles. The van der Waals surface area contributed by atoms with Gasteiger partial charge in [-0.3, -0.25) is 57.9 Å². The number of nitrogens with one attached hydrogen (secondary N) is 10. The molecule has 34 heteroatoms. The standard InChI is InChI=1S/C56H94N18O14S2/c1-27(2)22-38(69-51(84)41(26-89)72-46(79)35(14-10-19-63-55(59)60)67-52(85)43(29(5)75)73-45(78)33(57)18-21-90-7)49(82)70-40(24-31-25-65-34-13-9-8-12-32(31)34)50(83)66-36(15-11-20-64-56(61)62)47(80)74-44(30(6)76)53(86)71-39(23-28(3)4)48(81)68-37(54(87)88)16-17-42(58)77/h8-9,12-13,25,27-30,33,35-41,43-44,65,75-76,89H,10-11,14-24,26,57H2,1-7H3,(H2,58,77)(H,66,83)(H,67,85)(H,68,81)(H,69,84)(H,70,82)(H,71,86)(H,72,79)(H,73,78)(H,74,80)(H,87,88)(H4,59,60,63)(H4,61,62,64)/t29-,30-,33+,35+,36+,37+,38+,39+,40+,41+,43+,44+/m1/s1. The minimum Gasteiger partial charge on any atom is -0.480 e. The topological polar surface area (TPSA) is 553 Å². The predicted octanol–water partition coefficient (Wildman–Crippen LogP) is -4.61. The van der Waals surface area contributed by atoms with Crippen molar-refractivity contribution >= 4 is 112 Å². The molecule has 504 valence electrons. The van der Waals surface area contributed by atoms with Gasteiger partial charge in [-0.2, -0.15) is 24.4 Å². The molecule has 0 saturated carbocycles. The van der Waals surface area contributed by atoms with Crippen LogP contribution < -0.4 is 82.3 Å². The fraction of sp³-hybridized carbons (Fsp3) is 0.625. The van der Waals surface area contributed by atoms with Crippen molar-refractivity contribution in [2.75, 3.05) is 30.9 Å². The number of para-hydroxylation sites is 1. The number of rotatable bonds is 42. The highest BCUT2D eigenvalue weighted by molar-refractivity contribution is 7.98. The van der Waals surface area contributed by atoms with Crippen LogP contribution in [0.5, 0.6) is 0 Å². The summed E-state index contributed by atoms with van der Waals surface area (Å²) >= 11 is 5.77. The van der Waals surface area contributed by atoms with E-state index in [1.54, 1.807) is 58.2 Å². The molecule has 0 aliphatic rings. The number of aliphatic carboxylic acids is 1. The Hall–Kier alpha value is -7.95. The summed E-state index contributed by atoms with van der Waals surface area (Å²) in [5.74, 6) is -11.5. The fourth-order valence-corrected chi connectivity index (χ4v) is 9.75. The number of nitrogens with two attached hydrogens (primary N) is 6. The number of hydrogen-bond acceptors (Lipinski definition) is 18. The number of aromatic nitrogens is 1. The summed E-state index contributed by atoms with van der Waals surface area (Å²) in [6.45, 7) is 9.34. The number of guanidine groups is 2. The van der Waals surface area contributed by atoms with Crippen molar-refractivity contribution in [1.29, 1.82) is 0 Å². The van der Waals surface area contributed by atoms with E-state index in [9.17, 15) is 68.1 Å². The number of aliphatic hydroxyl groups excluding tert-OH is 2. The Balaban J connectivity index is 2.58. The number of aliphatic hydroxyl groups is 2. The quantitative estimate of drug-likeness (QED) is 0.0129. The van der Waals surface area contributed by atoms with Gasteiger partial charge in [-0.25, -0.2) is 4.79 Å². The van der Waals surface area contributed by atoms with Crippen LogP contribution in [0, 0.1) is 11.8 Å². The zero-order chi connectivity index (χ0) is 67.9. The molecule has 25 N–H and O–H groups in total. The molecular formula is C56H94N18O14S2. The van der Waals surface area contributed by atoms with E-state index in [1.165, 1.54) is 25.6 Å². The molecule has 1 aromatic heterocycles. The van der Waals surface area contributed by atoms with Gasteiger partial charge in [-0.15, -0.1) is 0 Å². The fourth-order valence-electron chi connectivity index (χ4n) is 9.00. The third-order valence-electron chi connectivity index (χ3n) is 13.8. The highest BCUT2D eigenvalue weighted by atomic mass is 32.2. The van der Waals surface area contributed by atoms with Crippen molar-refractivity contribution in [3.8, 4) is 0 Å². The van der Waals surface area contributed by atoms with Gasteiger partial charge >= 0.3 is 5.97 Å². The molecule has 90 heavy (non-hydrogen) atoms. The third-order valence-corrected chi connectivity index (χ3v) is 14.8. The van der Waals surface area contributed by atoms with Crippen LogP contribution in [0.2, 0.25) is 0 Å². The number of hydrogen-bond donors (Lipinski definition) is 20.